The molecule has 2 aromatic heterocycles. The molecule has 3 heterocycles. The fourth-order valence-electron chi connectivity index (χ4n) is 2.55. The summed E-state index contributed by atoms with van der Waals surface area (Å²) in [5, 5.41) is 0. The number of amides is 2. The third-order valence-electron chi connectivity index (χ3n) is 3.86. The van der Waals surface area contributed by atoms with Crippen LogP contribution in [0.4, 0.5) is 0 Å². The van der Waals surface area contributed by atoms with Crippen molar-refractivity contribution in [1.29, 1.82) is 0 Å². The van der Waals surface area contributed by atoms with Crippen LogP contribution in [0.15, 0.2) is 33.6 Å². The topological polar surface area (TPSA) is 102 Å². The molecule has 0 aromatic carbocycles. The van der Waals surface area contributed by atoms with Crippen molar-refractivity contribution in [1.82, 2.24) is 19.8 Å². The maximum Gasteiger partial charge on any atom is 0.323 e. The van der Waals surface area contributed by atoms with Gasteiger partial charge in [0.2, 0.25) is 5.91 Å². The molecular weight excluding hydrogens is 312 g/mol. The number of hydrogen-bond donors (Lipinski definition) is 2. The van der Waals surface area contributed by atoms with Gasteiger partial charge in [-0.3, -0.25) is 9.59 Å². The van der Waals surface area contributed by atoms with E-state index in [9.17, 15) is 14.4 Å². The van der Waals surface area contributed by atoms with Crippen LogP contribution in [0.2, 0.25) is 0 Å². The van der Waals surface area contributed by atoms with Crippen molar-refractivity contribution in [2.45, 2.75) is 6.92 Å². The maximum atomic E-state index is 12.2. The molecule has 2 aromatic rings. The number of carbonyl (C=O) groups excluding carboxylic acids is 2. The van der Waals surface area contributed by atoms with Crippen LogP contribution in [0.5, 0.6) is 0 Å². The minimum absolute atomic E-state index is 0.119. The highest BCUT2D eigenvalue weighted by Crippen LogP contribution is 2.10. The third-order valence-corrected chi connectivity index (χ3v) is 3.86. The van der Waals surface area contributed by atoms with Gasteiger partial charge in [0.1, 0.15) is 17.2 Å². The molecule has 0 atom stereocenters. The predicted molar refractivity (Wildman–Crippen MR) is 86.4 cm³/mol. The lowest BCUT2D eigenvalue weighted by molar-refractivity contribution is -0.127. The highest BCUT2D eigenvalue weighted by molar-refractivity contribution is 5.93. The first-order valence-corrected chi connectivity index (χ1v) is 7.63. The number of aromatic amines is 2. The van der Waals surface area contributed by atoms with E-state index in [1.807, 2.05) is 13.0 Å². The Labute approximate surface area is 137 Å². The lowest BCUT2D eigenvalue weighted by atomic mass is 10.2. The van der Waals surface area contributed by atoms with Gasteiger partial charge in [-0.15, -0.1) is 0 Å². The Hall–Kier alpha value is -3.03. The van der Waals surface area contributed by atoms with Crippen LogP contribution < -0.4 is 5.69 Å². The summed E-state index contributed by atoms with van der Waals surface area (Å²) in [7, 11) is 0. The molecule has 0 bridgehead atoms. The summed E-state index contributed by atoms with van der Waals surface area (Å²) in [6.07, 6.45) is 4.47. The highest BCUT2D eigenvalue weighted by atomic mass is 16.3. The van der Waals surface area contributed by atoms with Crippen molar-refractivity contribution < 1.29 is 14.0 Å². The van der Waals surface area contributed by atoms with Crippen molar-refractivity contribution in [3.05, 3.63) is 52.1 Å². The summed E-state index contributed by atoms with van der Waals surface area (Å²) in [4.78, 5) is 43.6. The molecule has 0 spiro atoms. The number of imidazole rings is 1. The van der Waals surface area contributed by atoms with Gasteiger partial charge in [0.05, 0.1) is 0 Å². The van der Waals surface area contributed by atoms with Crippen LogP contribution in [0.25, 0.3) is 6.08 Å². The van der Waals surface area contributed by atoms with Gasteiger partial charge in [0.25, 0.3) is 5.91 Å². The van der Waals surface area contributed by atoms with E-state index in [1.165, 1.54) is 12.3 Å². The van der Waals surface area contributed by atoms with Gasteiger partial charge < -0.3 is 24.2 Å². The second-order valence-electron chi connectivity index (χ2n) is 5.56. The fraction of sp³-hybridized carbons (Fsp3) is 0.312. The number of furan rings is 1. The summed E-state index contributed by atoms with van der Waals surface area (Å²) in [5.41, 5.74) is -0.182. The van der Waals surface area contributed by atoms with Gasteiger partial charge in [-0.25, -0.2) is 4.79 Å². The molecule has 24 heavy (non-hydrogen) atoms. The molecule has 2 amide bonds. The Bertz CT molecular complexity index is 821. The van der Waals surface area contributed by atoms with E-state index in [0.717, 1.165) is 5.76 Å². The Kier molecular flexibility index (Phi) is 4.37. The summed E-state index contributed by atoms with van der Waals surface area (Å²) >= 11 is 0. The molecule has 1 fully saturated rings. The van der Waals surface area contributed by atoms with Crippen molar-refractivity contribution >= 4 is 17.9 Å². The van der Waals surface area contributed by atoms with Gasteiger partial charge in [0.15, 0.2) is 0 Å². The van der Waals surface area contributed by atoms with Crippen molar-refractivity contribution in [3.8, 4) is 0 Å². The van der Waals surface area contributed by atoms with Crippen molar-refractivity contribution in [3.63, 3.8) is 0 Å². The molecule has 1 aliphatic rings. The Balaban J connectivity index is 1.54. The smallest absolute Gasteiger partial charge is 0.323 e. The van der Waals surface area contributed by atoms with Crippen LogP contribution in [0, 0.1) is 6.92 Å². The lowest BCUT2D eigenvalue weighted by Crippen LogP contribution is -2.50. The average molecular weight is 330 g/mol. The summed E-state index contributed by atoms with van der Waals surface area (Å²) in [5.74, 6) is 1.05. The molecule has 0 aliphatic carbocycles. The zero-order valence-corrected chi connectivity index (χ0v) is 13.2. The molecule has 126 valence electrons. The van der Waals surface area contributed by atoms with E-state index < -0.39 is 5.69 Å². The number of aromatic nitrogens is 2. The molecule has 0 saturated carbocycles. The second kappa shape index (κ2) is 6.61. The minimum atomic E-state index is -0.412. The fourth-order valence-corrected chi connectivity index (χ4v) is 2.55. The van der Waals surface area contributed by atoms with Gasteiger partial charge in [-0.1, -0.05) is 0 Å². The van der Waals surface area contributed by atoms with Crippen LogP contribution >= 0.6 is 0 Å². The number of piperazine rings is 1. The van der Waals surface area contributed by atoms with E-state index in [2.05, 4.69) is 9.97 Å². The Morgan fingerprint density at radius 3 is 2.46 bits per heavy atom. The van der Waals surface area contributed by atoms with Gasteiger partial charge in [-0.05, 0) is 25.1 Å². The number of nitrogens with one attached hydrogen (secondary N) is 2. The van der Waals surface area contributed by atoms with Gasteiger partial charge in [0, 0.05) is 38.5 Å². The zero-order valence-electron chi connectivity index (χ0n) is 13.2. The summed E-state index contributed by atoms with van der Waals surface area (Å²) in [6, 6.07) is 3.63. The molecule has 1 aliphatic heterocycles. The Morgan fingerprint density at radius 1 is 1.17 bits per heavy atom. The third kappa shape index (κ3) is 3.48. The van der Waals surface area contributed by atoms with E-state index >= 15 is 0 Å². The first-order chi connectivity index (χ1) is 11.5. The van der Waals surface area contributed by atoms with Crippen LogP contribution in [-0.4, -0.2) is 57.8 Å². The first-order valence-electron chi connectivity index (χ1n) is 7.63. The molecule has 1 saturated heterocycles. The SMILES string of the molecule is Cc1ccc(/C=C\C(=O)N2CCN(C(=O)c3c[nH]c(=O)[nH]3)CC2)o1. The second-order valence-corrected chi connectivity index (χ2v) is 5.56. The van der Waals surface area contributed by atoms with Crippen LogP contribution in [-0.2, 0) is 4.79 Å². The van der Waals surface area contributed by atoms with E-state index in [1.54, 1.807) is 21.9 Å². The number of rotatable bonds is 3. The Morgan fingerprint density at radius 2 is 1.88 bits per heavy atom. The number of nitrogens with zero attached hydrogens (tertiary/aromatic N) is 2. The lowest BCUT2D eigenvalue weighted by Gasteiger charge is -2.33. The monoisotopic (exact) mass is 330 g/mol. The van der Waals surface area contributed by atoms with E-state index in [0.29, 0.717) is 31.9 Å². The molecule has 3 rings (SSSR count). The number of aryl methyl sites for hydroxylation is 1. The van der Waals surface area contributed by atoms with Gasteiger partial charge >= 0.3 is 5.69 Å². The van der Waals surface area contributed by atoms with E-state index in [4.69, 9.17) is 4.42 Å². The predicted octanol–water partition coefficient (Wildman–Crippen LogP) is 0.602. The summed E-state index contributed by atoms with van der Waals surface area (Å²) in [6.45, 7) is 3.57. The maximum absolute atomic E-state index is 12.2. The van der Waals surface area contributed by atoms with Crippen molar-refractivity contribution in [2.75, 3.05) is 26.2 Å². The average Bonchev–Trinajstić information content (AvgIpc) is 3.20. The number of H-pyrrole nitrogens is 2. The first kappa shape index (κ1) is 15.9. The summed E-state index contributed by atoms with van der Waals surface area (Å²) < 4.78 is 5.38. The largest absolute Gasteiger partial charge is 0.462 e. The standard InChI is InChI=1S/C16H18N4O4/c1-11-2-3-12(24-11)4-5-14(21)19-6-8-20(9-7-19)15(22)13-10-17-16(23)18-13/h2-5,10H,6-9H2,1H3,(H2,17,18,23)/b5-4-. The minimum Gasteiger partial charge on any atom is -0.462 e. The van der Waals surface area contributed by atoms with Gasteiger partial charge in [-0.2, -0.15) is 0 Å². The zero-order chi connectivity index (χ0) is 17.1. The molecule has 8 nitrogen and oxygen atoms in total. The van der Waals surface area contributed by atoms with Crippen molar-refractivity contribution in [2.24, 2.45) is 0 Å². The normalized spacial score (nSPS) is 15.2. The quantitative estimate of drug-likeness (QED) is 0.805. The molecular formula is C16H18N4O4. The van der Waals surface area contributed by atoms with E-state index in [-0.39, 0.29) is 17.5 Å². The molecule has 0 unspecified atom stereocenters. The van der Waals surface area contributed by atoms with Crippen LogP contribution in [0.1, 0.15) is 22.0 Å². The number of hydrogen-bond acceptors (Lipinski definition) is 4. The molecule has 0 radical (unpaired) electrons. The number of carbonyl (C=O) groups is 2. The molecule has 2 N–H and O–H groups in total. The van der Waals surface area contributed by atoms with Crippen LogP contribution in [0.3, 0.4) is 0 Å². The highest BCUT2D eigenvalue weighted by Gasteiger charge is 2.24. The molecule has 8 heteroatoms.